The Hall–Kier alpha value is -3.59. The number of cyclic esters (lactones) is 1. The maximum Gasteiger partial charge on any atom is 0.329 e. The highest BCUT2D eigenvalue weighted by Crippen LogP contribution is 2.39. The van der Waals surface area contributed by atoms with Gasteiger partial charge in [0.05, 0.1) is 18.3 Å². The second kappa shape index (κ2) is 25.7. The van der Waals surface area contributed by atoms with E-state index < -0.39 is 77.8 Å². The number of piperidine rings is 1. The van der Waals surface area contributed by atoms with Crippen LogP contribution < -0.4 is 0 Å². The van der Waals surface area contributed by atoms with Gasteiger partial charge in [0.1, 0.15) is 30.1 Å². The molecule has 0 aromatic rings. The molecule has 3 heterocycles. The zero-order valence-electron chi connectivity index (χ0n) is 41.2. The lowest BCUT2D eigenvalue weighted by molar-refractivity contribution is -0.264. The highest BCUT2D eigenvalue weighted by Gasteiger charge is 2.53. The molecule has 0 radical (unpaired) electrons. The fourth-order valence-corrected chi connectivity index (χ4v) is 10.4. The Labute approximate surface area is 394 Å². The maximum atomic E-state index is 14.4. The highest BCUT2D eigenvalue weighted by atomic mass is 16.6. The lowest BCUT2D eigenvalue weighted by Gasteiger charge is -2.43. The highest BCUT2D eigenvalue weighted by molar-refractivity contribution is 6.39. The molecule has 13 nitrogen and oxygen atoms in total. The van der Waals surface area contributed by atoms with Crippen LogP contribution in [0.15, 0.2) is 60.3 Å². The topological polar surface area (TPSA) is 186 Å². The van der Waals surface area contributed by atoms with Gasteiger partial charge in [-0.1, -0.05) is 82.7 Å². The SMILES string of the molecule is C=CC[C@@H]1C[C@@H]2CC[C@@H](C)[C@@](O)(O2)C(=O)C(=O)N2CCCC[C@H]2C(=O)O[C@H]([C@H](C)C[C@@H]2CC[C@@H](O)[C@H](OC)C2)CC(=O)[C@H](C)/C=C(\C)[C@@H](O)[C@@H](OC)C(=O)[C@H](C)C[C@H](C)\C=C/C=C/C=C/1C. The van der Waals surface area contributed by atoms with E-state index in [0.29, 0.717) is 69.8 Å². The van der Waals surface area contributed by atoms with Crippen LogP contribution in [-0.4, -0.2) is 119 Å². The van der Waals surface area contributed by atoms with Crippen LogP contribution >= 0.6 is 0 Å². The average Bonchev–Trinajstić information content (AvgIpc) is 3.29. The number of Topliss-reactive ketones (excluding diaryl/α,β-unsaturated/α-hetero) is 3. The average molecular weight is 924 g/mol. The largest absolute Gasteiger partial charge is 0.460 e. The molecule has 0 spiro atoms. The Morgan fingerprint density at radius 2 is 1.64 bits per heavy atom. The summed E-state index contributed by atoms with van der Waals surface area (Å²) < 4.78 is 23.7. The minimum absolute atomic E-state index is 0.0217. The number of allylic oxidation sites excluding steroid dienone is 8. The van der Waals surface area contributed by atoms with Gasteiger partial charge in [-0.2, -0.15) is 0 Å². The third-order valence-electron chi connectivity index (χ3n) is 14.9. The number of aliphatic hydroxyl groups is 3. The second-order valence-corrected chi connectivity index (χ2v) is 20.1. The van der Waals surface area contributed by atoms with Gasteiger partial charge >= 0.3 is 5.97 Å². The molecule has 0 unspecified atom stereocenters. The zero-order valence-corrected chi connectivity index (χ0v) is 41.2. The predicted octanol–water partition coefficient (Wildman–Crippen LogP) is 7.36. The lowest BCUT2D eigenvalue weighted by Crippen LogP contribution is -2.60. The molecule has 1 amide bonds. The quantitative estimate of drug-likeness (QED) is 0.131. The first-order valence-electron chi connectivity index (χ1n) is 24.5. The van der Waals surface area contributed by atoms with Crippen LogP contribution in [0.4, 0.5) is 0 Å². The van der Waals surface area contributed by atoms with Crippen LogP contribution in [0.1, 0.15) is 132 Å². The van der Waals surface area contributed by atoms with Crippen molar-refractivity contribution in [2.75, 3.05) is 20.8 Å². The summed E-state index contributed by atoms with van der Waals surface area (Å²) in [6, 6.07) is -1.13. The first kappa shape index (κ1) is 55.0. The summed E-state index contributed by atoms with van der Waals surface area (Å²) in [5.74, 6) is -7.84. The van der Waals surface area contributed by atoms with Gasteiger partial charge in [0.15, 0.2) is 5.78 Å². The maximum absolute atomic E-state index is 14.4. The molecular weight excluding hydrogens is 843 g/mol. The van der Waals surface area contributed by atoms with Crippen molar-refractivity contribution in [2.24, 2.45) is 41.4 Å². The van der Waals surface area contributed by atoms with Gasteiger partial charge in [-0.15, -0.1) is 6.58 Å². The first-order chi connectivity index (χ1) is 31.2. The van der Waals surface area contributed by atoms with E-state index in [-0.39, 0.29) is 60.7 Å². The number of fused-ring (bicyclic) bond motifs is 3. The van der Waals surface area contributed by atoms with Gasteiger partial charge in [0.25, 0.3) is 11.7 Å². The third kappa shape index (κ3) is 14.5. The number of amides is 1. The van der Waals surface area contributed by atoms with Crippen LogP contribution in [0, 0.1) is 41.4 Å². The molecule has 4 aliphatic rings. The summed E-state index contributed by atoms with van der Waals surface area (Å²) in [5, 5.41) is 33.9. The van der Waals surface area contributed by atoms with Gasteiger partial charge in [-0.05, 0) is 120 Å². The van der Waals surface area contributed by atoms with Crippen molar-refractivity contribution < 1.29 is 58.2 Å². The van der Waals surface area contributed by atoms with Gasteiger partial charge in [0, 0.05) is 44.9 Å². The van der Waals surface area contributed by atoms with Crippen molar-refractivity contribution in [3.8, 4) is 0 Å². The fourth-order valence-electron chi connectivity index (χ4n) is 10.4. The van der Waals surface area contributed by atoms with Gasteiger partial charge < -0.3 is 39.2 Å². The zero-order chi connectivity index (χ0) is 48.9. The van der Waals surface area contributed by atoms with E-state index in [1.165, 1.54) is 12.0 Å². The first-order valence-corrected chi connectivity index (χ1v) is 24.5. The third-order valence-corrected chi connectivity index (χ3v) is 14.9. The normalized spacial score (nSPS) is 39.9. The van der Waals surface area contributed by atoms with Crippen molar-refractivity contribution in [3.05, 3.63) is 60.3 Å². The van der Waals surface area contributed by atoms with Gasteiger partial charge in [-0.3, -0.25) is 19.2 Å². The van der Waals surface area contributed by atoms with E-state index in [1.54, 1.807) is 34.0 Å². The Morgan fingerprint density at radius 1 is 0.909 bits per heavy atom. The van der Waals surface area contributed by atoms with E-state index in [0.717, 1.165) is 12.0 Å². The van der Waals surface area contributed by atoms with E-state index >= 15 is 0 Å². The number of carbonyl (C=O) groups is 5. The number of aliphatic hydroxyl groups excluding tert-OH is 2. The number of ether oxygens (including phenoxy) is 4. The summed E-state index contributed by atoms with van der Waals surface area (Å²) >= 11 is 0. The standard InChI is InChI=1S/C53H81NO12/c1-11-17-40-30-41-23-21-38(8)53(62,66-41)50(59)51(60)54-25-16-15-20-42(54)52(61)65-45(35(5)28-39-22-24-43(55)46(29-39)63-9)31-44(56)34(4)27-37(7)48(58)49(64-10)47(57)36(6)26-32(2)18-13-12-14-19-33(40)3/h11-14,18-19,27,32,34-36,38-43,45-46,48-49,55,58,62H,1,15-17,20-26,28-31H2,2-10H3/b14-12+,18-13-,33-19+,37-27+/t32-,34-,35-,36-,38-,39+,40-,41+,42+,43-,45+,46-,48-,49+,53-/m1/s1. The fraction of sp³-hybridized carbons (Fsp3) is 0.717. The summed E-state index contributed by atoms with van der Waals surface area (Å²) in [6.45, 7) is 16.9. The molecule has 4 rings (SSSR count). The van der Waals surface area contributed by atoms with E-state index in [2.05, 4.69) is 6.58 Å². The molecule has 1 aliphatic carbocycles. The number of hydrogen-bond acceptors (Lipinski definition) is 12. The Balaban J connectivity index is 1.71. The molecular formula is C53H81NO12. The Morgan fingerprint density at radius 3 is 2.32 bits per heavy atom. The monoisotopic (exact) mass is 924 g/mol. The number of esters is 1. The van der Waals surface area contributed by atoms with Crippen LogP contribution in [-0.2, 0) is 42.9 Å². The molecule has 370 valence electrons. The van der Waals surface area contributed by atoms with Gasteiger partial charge in [0.2, 0.25) is 5.79 Å². The lowest BCUT2D eigenvalue weighted by atomic mass is 9.78. The number of hydrogen-bond donors (Lipinski definition) is 3. The van der Waals surface area contributed by atoms with Crippen LogP contribution in [0.3, 0.4) is 0 Å². The summed E-state index contributed by atoms with van der Waals surface area (Å²) in [5.41, 5.74) is 1.44. The van der Waals surface area contributed by atoms with Crippen LogP contribution in [0.25, 0.3) is 0 Å². The van der Waals surface area contributed by atoms with Gasteiger partial charge in [-0.25, -0.2) is 4.79 Å². The molecule has 0 aromatic carbocycles. The minimum atomic E-state index is -2.40. The van der Waals surface area contributed by atoms with E-state index in [4.69, 9.17) is 18.9 Å². The molecule has 1 saturated carbocycles. The minimum Gasteiger partial charge on any atom is -0.460 e. The number of rotatable bonds is 7. The Bertz CT molecular complexity index is 1800. The molecule has 2 bridgehead atoms. The molecule has 2 saturated heterocycles. The van der Waals surface area contributed by atoms with Crippen molar-refractivity contribution in [1.82, 2.24) is 4.90 Å². The molecule has 3 aliphatic heterocycles. The smallest absolute Gasteiger partial charge is 0.329 e. The van der Waals surface area contributed by atoms with Crippen LogP contribution in [0.2, 0.25) is 0 Å². The number of nitrogens with zero attached hydrogens (tertiary/aromatic N) is 1. The predicted molar refractivity (Wildman–Crippen MR) is 253 cm³/mol. The molecule has 13 heteroatoms. The van der Waals surface area contributed by atoms with E-state index in [9.17, 15) is 39.3 Å². The van der Waals surface area contributed by atoms with Crippen molar-refractivity contribution >= 4 is 29.2 Å². The number of carbonyl (C=O) groups excluding carboxylic acids is 5. The molecule has 3 fully saturated rings. The summed E-state index contributed by atoms with van der Waals surface area (Å²) in [7, 11) is 2.95. The molecule has 0 aromatic heterocycles. The molecule has 66 heavy (non-hydrogen) atoms. The molecule has 15 atom stereocenters. The summed E-state index contributed by atoms with van der Waals surface area (Å²) in [6.07, 6.45) is 14.7. The van der Waals surface area contributed by atoms with Crippen LogP contribution in [0.5, 0.6) is 0 Å². The number of methoxy groups -OCH3 is 2. The second-order valence-electron chi connectivity index (χ2n) is 20.1. The summed E-state index contributed by atoms with van der Waals surface area (Å²) in [4.78, 5) is 72.0. The van der Waals surface area contributed by atoms with Crippen molar-refractivity contribution in [3.63, 3.8) is 0 Å². The van der Waals surface area contributed by atoms with Crippen molar-refractivity contribution in [2.45, 2.75) is 180 Å². The molecule has 3 N–H and O–H groups in total. The van der Waals surface area contributed by atoms with Crippen molar-refractivity contribution in [1.29, 1.82) is 0 Å². The Kier molecular flexibility index (Phi) is 21.4. The van der Waals surface area contributed by atoms with E-state index in [1.807, 2.05) is 64.2 Å². The number of ketones is 3.